The zero-order chi connectivity index (χ0) is 17.8. The van der Waals surface area contributed by atoms with Crippen molar-refractivity contribution in [1.82, 2.24) is 10.2 Å². The van der Waals surface area contributed by atoms with E-state index in [1.54, 1.807) is 37.3 Å². The summed E-state index contributed by atoms with van der Waals surface area (Å²) < 4.78 is 10.6. The number of aromatic amines is 1. The maximum Gasteiger partial charge on any atom is 0.360 e. The minimum atomic E-state index is -0.916. The molecule has 0 aliphatic rings. The molecule has 0 fully saturated rings. The van der Waals surface area contributed by atoms with Crippen LogP contribution in [0.3, 0.4) is 0 Å². The fourth-order valence-electron chi connectivity index (χ4n) is 2.51. The molecule has 0 amide bonds. The minimum Gasteiger partial charge on any atom is -0.494 e. The van der Waals surface area contributed by atoms with Crippen LogP contribution in [0.15, 0.2) is 48.5 Å². The van der Waals surface area contributed by atoms with Crippen LogP contribution in [0.2, 0.25) is 0 Å². The van der Waals surface area contributed by atoms with Crippen molar-refractivity contribution < 1.29 is 19.1 Å². The van der Waals surface area contributed by atoms with E-state index in [0.29, 0.717) is 23.3 Å². The number of fused-ring (bicyclic) bond motifs is 1. The number of esters is 1. The number of ether oxygens (including phenoxy) is 2. The Morgan fingerprint density at radius 2 is 1.84 bits per heavy atom. The van der Waals surface area contributed by atoms with Crippen LogP contribution in [-0.2, 0) is 4.74 Å². The Hall–Kier alpha value is -3.15. The third-order valence-electron chi connectivity index (χ3n) is 3.77. The molecule has 1 heterocycles. The molecule has 6 nitrogen and oxygen atoms in total. The van der Waals surface area contributed by atoms with Crippen LogP contribution in [0.1, 0.15) is 34.7 Å². The Morgan fingerprint density at radius 3 is 2.56 bits per heavy atom. The lowest BCUT2D eigenvalue weighted by atomic mass is 10.1. The summed E-state index contributed by atoms with van der Waals surface area (Å²) in [6.45, 7) is 3.99. The lowest BCUT2D eigenvalue weighted by molar-refractivity contribution is 0.0315. The predicted octanol–water partition coefficient (Wildman–Crippen LogP) is 3.39. The van der Waals surface area contributed by atoms with Crippen LogP contribution in [0.5, 0.6) is 5.75 Å². The van der Waals surface area contributed by atoms with E-state index in [4.69, 9.17) is 9.47 Å². The molecule has 0 bridgehead atoms. The smallest absolute Gasteiger partial charge is 0.360 e. The van der Waals surface area contributed by atoms with E-state index in [-0.39, 0.29) is 11.5 Å². The normalized spacial score (nSPS) is 11.9. The van der Waals surface area contributed by atoms with E-state index in [0.717, 1.165) is 5.52 Å². The molecule has 0 spiro atoms. The van der Waals surface area contributed by atoms with Crippen LogP contribution in [-0.4, -0.2) is 34.7 Å². The summed E-state index contributed by atoms with van der Waals surface area (Å²) in [7, 11) is 0. The summed E-state index contributed by atoms with van der Waals surface area (Å²) in [5, 5.41) is 7.42. The van der Waals surface area contributed by atoms with Gasteiger partial charge in [-0.15, -0.1) is 0 Å². The Bertz CT molecular complexity index is 899. The molecule has 0 saturated carbocycles. The lowest BCUT2D eigenvalue weighted by Gasteiger charge is -2.12. The van der Waals surface area contributed by atoms with Gasteiger partial charge in [-0.1, -0.05) is 18.2 Å². The minimum absolute atomic E-state index is 0.168. The summed E-state index contributed by atoms with van der Waals surface area (Å²) in [4.78, 5) is 24.8. The third kappa shape index (κ3) is 3.52. The highest BCUT2D eigenvalue weighted by atomic mass is 16.5. The highest BCUT2D eigenvalue weighted by molar-refractivity contribution is 6.04. The molecule has 0 aliphatic carbocycles. The number of hydrogen-bond donors (Lipinski definition) is 1. The van der Waals surface area contributed by atoms with Crippen molar-refractivity contribution in [2.24, 2.45) is 0 Å². The van der Waals surface area contributed by atoms with Gasteiger partial charge in [0.25, 0.3) is 0 Å². The first kappa shape index (κ1) is 16.7. The molecular formula is C19H18N2O4. The second-order valence-corrected chi connectivity index (χ2v) is 5.49. The lowest BCUT2D eigenvalue weighted by Crippen LogP contribution is -2.24. The summed E-state index contributed by atoms with van der Waals surface area (Å²) in [6, 6.07) is 14.0. The molecule has 1 aromatic heterocycles. The van der Waals surface area contributed by atoms with Gasteiger partial charge in [0.15, 0.2) is 11.8 Å². The van der Waals surface area contributed by atoms with Crippen molar-refractivity contribution in [3.63, 3.8) is 0 Å². The standard InChI is InChI=1S/C19H18N2O4/c1-3-24-14-10-8-13(9-11-14)18(22)12(2)25-19(23)17-15-6-4-5-7-16(15)20-21-17/h4-12H,3H2,1-2H3,(H,20,21)/t12-/m0/s1. The van der Waals surface area contributed by atoms with E-state index in [2.05, 4.69) is 10.2 Å². The second kappa shape index (κ2) is 7.17. The van der Waals surface area contributed by atoms with Gasteiger partial charge in [-0.25, -0.2) is 4.79 Å². The third-order valence-corrected chi connectivity index (χ3v) is 3.77. The number of para-hydroxylation sites is 1. The molecule has 1 N–H and O–H groups in total. The zero-order valence-corrected chi connectivity index (χ0v) is 14.0. The van der Waals surface area contributed by atoms with Crippen molar-refractivity contribution in [1.29, 1.82) is 0 Å². The van der Waals surface area contributed by atoms with Gasteiger partial charge in [0, 0.05) is 10.9 Å². The van der Waals surface area contributed by atoms with Crippen molar-refractivity contribution >= 4 is 22.7 Å². The van der Waals surface area contributed by atoms with Gasteiger partial charge < -0.3 is 9.47 Å². The topological polar surface area (TPSA) is 81.3 Å². The van der Waals surface area contributed by atoms with Gasteiger partial charge in [-0.05, 0) is 44.2 Å². The molecule has 3 aromatic rings. The van der Waals surface area contributed by atoms with Crippen LogP contribution in [0.4, 0.5) is 0 Å². The van der Waals surface area contributed by atoms with Gasteiger partial charge in [0.2, 0.25) is 5.78 Å². The van der Waals surface area contributed by atoms with Gasteiger partial charge in [-0.3, -0.25) is 9.89 Å². The van der Waals surface area contributed by atoms with Gasteiger partial charge in [-0.2, -0.15) is 5.10 Å². The van der Waals surface area contributed by atoms with E-state index < -0.39 is 12.1 Å². The number of benzene rings is 2. The first-order chi connectivity index (χ1) is 12.1. The number of nitrogens with zero attached hydrogens (tertiary/aromatic N) is 1. The largest absolute Gasteiger partial charge is 0.494 e. The highest BCUT2D eigenvalue weighted by Gasteiger charge is 2.23. The molecular weight excluding hydrogens is 320 g/mol. The van der Waals surface area contributed by atoms with Gasteiger partial charge in [0.05, 0.1) is 12.1 Å². The van der Waals surface area contributed by atoms with Crippen molar-refractivity contribution in [2.75, 3.05) is 6.61 Å². The molecule has 0 radical (unpaired) electrons. The molecule has 0 saturated heterocycles. The van der Waals surface area contributed by atoms with Crippen LogP contribution in [0.25, 0.3) is 10.9 Å². The number of carbonyl (C=O) groups is 2. The van der Waals surface area contributed by atoms with E-state index in [1.807, 2.05) is 25.1 Å². The first-order valence-electron chi connectivity index (χ1n) is 8.01. The fourth-order valence-corrected chi connectivity index (χ4v) is 2.51. The molecule has 1 atom stereocenters. The SMILES string of the molecule is CCOc1ccc(C(=O)[C@H](C)OC(=O)c2n[nH]c3ccccc23)cc1. The van der Waals surface area contributed by atoms with Crippen molar-refractivity contribution in [3.8, 4) is 5.75 Å². The Balaban J connectivity index is 1.71. The Kier molecular flexibility index (Phi) is 4.79. The molecule has 0 aliphatic heterocycles. The second-order valence-electron chi connectivity index (χ2n) is 5.49. The molecule has 6 heteroatoms. The van der Waals surface area contributed by atoms with Crippen LogP contribution < -0.4 is 4.74 Å². The van der Waals surface area contributed by atoms with Crippen LogP contribution in [0, 0.1) is 0 Å². The van der Waals surface area contributed by atoms with E-state index in [9.17, 15) is 9.59 Å². The Morgan fingerprint density at radius 1 is 1.12 bits per heavy atom. The van der Waals surface area contributed by atoms with E-state index in [1.165, 1.54) is 0 Å². The Labute approximate surface area is 144 Å². The average Bonchev–Trinajstić information content (AvgIpc) is 3.06. The molecule has 2 aromatic carbocycles. The number of rotatable bonds is 6. The maximum atomic E-state index is 12.4. The molecule has 128 valence electrons. The highest BCUT2D eigenvalue weighted by Crippen LogP contribution is 2.18. The first-order valence-corrected chi connectivity index (χ1v) is 8.01. The average molecular weight is 338 g/mol. The number of ketones is 1. The number of carbonyl (C=O) groups excluding carboxylic acids is 2. The summed E-state index contributed by atoms with van der Waals surface area (Å²) in [5.74, 6) is -0.229. The van der Waals surface area contributed by atoms with Crippen molar-refractivity contribution in [3.05, 3.63) is 59.8 Å². The monoisotopic (exact) mass is 338 g/mol. The quantitative estimate of drug-likeness (QED) is 0.550. The molecule has 0 unspecified atom stereocenters. The summed E-state index contributed by atoms with van der Waals surface area (Å²) in [6.07, 6.45) is -0.916. The van der Waals surface area contributed by atoms with Crippen LogP contribution >= 0.6 is 0 Å². The van der Waals surface area contributed by atoms with Crippen molar-refractivity contribution in [2.45, 2.75) is 20.0 Å². The van der Waals surface area contributed by atoms with E-state index >= 15 is 0 Å². The van der Waals surface area contributed by atoms with Gasteiger partial charge in [0.1, 0.15) is 5.75 Å². The molecule has 25 heavy (non-hydrogen) atoms. The number of hydrogen-bond acceptors (Lipinski definition) is 5. The van der Waals surface area contributed by atoms with Gasteiger partial charge >= 0.3 is 5.97 Å². The predicted molar refractivity (Wildman–Crippen MR) is 92.9 cm³/mol. The molecule has 3 rings (SSSR count). The maximum absolute atomic E-state index is 12.4. The number of H-pyrrole nitrogens is 1. The number of Topliss-reactive ketones (excluding diaryl/α,β-unsaturated/α-hetero) is 1. The fraction of sp³-hybridized carbons (Fsp3) is 0.211. The number of nitrogens with one attached hydrogen (secondary N) is 1. The summed E-state index contributed by atoms with van der Waals surface area (Å²) >= 11 is 0. The number of aromatic nitrogens is 2. The summed E-state index contributed by atoms with van der Waals surface area (Å²) in [5.41, 5.74) is 1.36. The zero-order valence-electron chi connectivity index (χ0n) is 14.0.